The molecule has 2 aromatic carbocycles. The van der Waals surface area contributed by atoms with Crippen molar-refractivity contribution in [3.63, 3.8) is 0 Å². The normalized spacial score (nSPS) is 12.9. The Hall–Kier alpha value is -0.670. The molecule has 0 aromatic heterocycles. The zero-order valence-electron chi connectivity index (χ0n) is 11.0. The van der Waals surface area contributed by atoms with Crippen LogP contribution < -0.4 is 0 Å². The van der Waals surface area contributed by atoms with E-state index >= 15 is 0 Å². The van der Waals surface area contributed by atoms with Crippen LogP contribution in [0.2, 0.25) is 0 Å². The summed E-state index contributed by atoms with van der Waals surface area (Å²) in [6.07, 6.45) is 0.727. The number of rotatable bonds is 4. The molecular formula is C16H16Br2O. The molecule has 1 atom stereocenters. The van der Waals surface area contributed by atoms with Gasteiger partial charge in [0.25, 0.3) is 0 Å². The molecule has 2 rings (SSSR count). The molecular weight excluding hydrogens is 368 g/mol. The summed E-state index contributed by atoms with van der Waals surface area (Å²) in [5.74, 6) is 0.318. The quantitative estimate of drug-likeness (QED) is 0.668. The molecule has 3 heteroatoms. The molecule has 1 nitrogen and oxygen atoms in total. The van der Waals surface area contributed by atoms with E-state index < -0.39 is 0 Å². The van der Waals surface area contributed by atoms with Gasteiger partial charge in [0.2, 0.25) is 0 Å². The Morgan fingerprint density at radius 3 is 2.37 bits per heavy atom. The van der Waals surface area contributed by atoms with Crippen LogP contribution in [0.1, 0.15) is 19.4 Å². The van der Waals surface area contributed by atoms with Crippen LogP contribution >= 0.6 is 31.9 Å². The van der Waals surface area contributed by atoms with Crippen molar-refractivity contribution in [2.75, 3.05) is 0 Å². The van der Waals surface area contributed by atoms with Gasteiger partial charge in [-0.3, -0.25) is 4.79 Å². The predicted molar refractivity (Wildman–Crippen MR) is 87.9 cm³/mol. The molecule has 0 aliphatic carbocycles. The molecule has 100 valence electrons. The van der Waals surface area contributed by atoms with Gasteiger partial charge in [-0.15, -0.1) is 0 Å². The van der Waals surface area contributed by atoms with Crippen molar-refractivity contribution in [2.45, 2.75) is 25.1 Å². The molecule has 0 fully saturated rings. The van der Waals surface area contributed by atoms with Crippen molar-refractivity contribution in [1.29, 1.82) is 0 Å². The molecule has 0 aliphatic rings. The third kappa shape index (κ3) is 3.26. The summed E-state index contributed by atoms with van der Waals surface area (Å²) in [5, 5.41) is 2.40. The van der Waals surface area contributed by atoms with E-state index in [9.17, 15) is 4.79 Å². The van der Waals surface area contributed by atoms with Gasteiger partial charge in [-0.1, -0.05) is 76.0 Å². The second kappa shape index (κ2) is 6.19. The summed E-state index contributed by atoms with van der Waals surface area (Å²) in [6.45, 7) is 3.88. The molecule has 0 saturated heterocycles. The van der Waals surface area contributed by atoms with E-state index in [-0.39, 0.29) is 16.5 Å². The van der Waals surface area contributed by atoms with Crippen LogP contribution in [0.25, 0.3) is 10.8 Å². The van der Waals surface area contributed by atoms with Crippen LogP contribution in [0, 0.1) is 5.92 Å². The van der Waals surface area contributed by atoms with Crippen LogP contribution in [0.15, 0.2) is 40.9 Å². The Labute approximate surface area is 130 Å². The Kier molecular flexibility index (Phi) is 4.80. The summed E-state index contributed by atoms with van der Waals surface area (Å²) >= 11 is 7.09. The molecule has 0 heterocycles. The van der Waals surface area contributed by atoms with Crippen molar-refractivity contribution in [2.24, 2.45) is 5.92 Å². The van der Waals surface area contributed by atoms with E-state index in [1.54, 1.807) is 0 Å². The first kappa shape index (κ1) is 14.7. The summed E-state index contributed by atoms with van der Waals surface area (Å²) in [6, 6.07) is 12.4. The maximum Gasteiger partial charge on any atom is 0.149 e. The molecule has 0 spiro atoms. The first-order valence-corrected chi connectivity index (χ1v) is 8.05. The number of carbonyl (C=O) groups excluding carboxylic acids is 1. The molecule has 1 unspecified atom stereocenters. The minimum atomic E-state index is -0.114. The maximum atomic E-state index is 12.0. The fourth-order valence-corrected chi connectivity index (χ4v) is 3.51. The topological polar surface area (TPSA) is 17.1 Å². The third-order valence-electron chi connectivity index (χ3n) is 3.24. The molecule has 0 saturated carbocycles. The van der Waals surface area contributed by atoms with Crippen molar-refractivity contribution < 1.29 is 4.79 Å². The Morgan fingerprint density at radius 1 is 1.11 bits per heavy atom. The highest BCUT2D eigenvalue weighted by molar-refractivity contribution is 9.10. The predicted octanol–water partition coefficient (Wildman–Crippen LogP) is 5.13. The highest BCUT2D eigenvalue weighted by Crippen LogP contribution is 2.28. The number of ketones is 1. The molecule has 0 N–H and O–H groups in total. The zero-order chi connectivity index (χ0) is 14.0. The van der Waals surface area contributed by atoms with Gasteiger partial charge in [0, 0.05) is 10.4 Å². The fourth-order valence-electron chi connectivity index (χ4n) is 2.16. The second-order valence-corrected chi connectivity index (χ2v) is 6.94. The minimum absolute atomic E-state index is 0.0612. The number of halogens is 2. The van der Waals surface area contributed by atoms with Crippen LogP contribution in [-0.2, 0) is 11.2 Å². The van der Waals surface area contributed by atoms with Crippen molar-refractivity contribution in [1.82, 2.24) is 0 Å². The van der Waals surface area contributed by atoms with Crippen LogP contribution in [0.4, 0.5) is 0 Å². The fraction of sp³-hybridized carbons (Fsp3) is 0.312. The number of carbonyl (C=O) groups is 1. The van der Waals surface area contributed by atoms with Gasteiger partial charge in [0.05, 0.1) is 4.83 Å². The van der Waals surface area contributed by atoms with Crippen LogP contribution in [-0.4, -0.2) is 10.6 Å². The van der Waals surface area contributed by atoms with Crippen molar-refractivity contribution >= 4 is 48.4 Å². The summed E-state index contributed by atoms with van der Waals surface area (Å²) in [5.41, 5.74) is 1.20. The van der Waals surface area contributed by atoms with Gasteiger partial charge >= 0.3 is 0 Å². The lowest BCUT2D eigenvalue weighted by Crippen LogP contribution is -2.21. The summed E-state index contributed by atoms with van der Waals surface area (Å²) in [7, 11) is 0. The Bertz CT molecular complexity index is 605. The summed E-state index contributed by atoms with van der Waals surface area (Å²) < 4.78 is 1.09. The van der Waals surface area contributed by atoms with E-state index in [4.69, 9.17) is 0 Å². The molecule has 19 heavy (non-hydrogen) atoms. The van der Waals surface area contributed by atoms with E-state index in [0.29, 0.717) is 0 Å². The number of hydrogen-bond donors (Lipinski definition) is 0. The average molecular weight is 384 g/mol. The van der Waals surface area contributed by atoms with Crippen molar-refractivity contribution in [3.05, 3.63) is 46.4 Å². The lowest BCUT2D eigenvalue weighted by atomic mass is 9.97. The molecule has 0 aliphatic heterocycles. The monoisotopic (exact) mass is 382 g/mol. The van der Waals surface area contributed by atoms with Crippen LogP contribution in [0.5, 0.6) is 0 Å². The van der Waals surface area contributed by atoms with E-state index in [0.717, 1.165) is 10.9 Å². The molecule has 0 amide bonds. The number of benzene rings is 2. The number of hydrogen-bond acceptors (Lipinski definition) is 1. The first-order valence-electron chi connectivity index (χ1n) is 6.34. The third-order valence-corrected chi connectivity index (χ3v) is 4.70. The lowest BCUT2D eigenvalue weighted by molar-refractivity contribution is -0.121. The van der Waals surface area contributed by atoms with Gasteiger partial charge in [0.15, 0.2) is 0 Å². The number of fused-ring (bicyclic) bond motifs is 1. The first-order chi connectivity index (χ1) is 9.00. The van der Waals surface area contributed by atoms with Crippen molar-refractivity contribution in [3.8, 4) is 0 Å². The smallest absolute Gasteiger partial charge is 0.149 e. The highest BCUT2D eigenvalue weighted by Gasteiger charge is 2.19. The van der Waals surface area contributed by atoms with E-state index in [1.165, 1.54) is 16.3 Å². The standard InChI is InChI=1S/C16H16Br2O/c1-10(2)16(19)15(18)9-11-7-8-14(17)13-6-4-3-5-12(11)13/h3-8,10,15H,9H2,1-2H3. The van der Waals surface area contributed by atoms with Gasteiger partial charge < -0.3 is 0 Å². The minimum Gasteiger partial charge on any atom is -0.298 e. The molecule has 2 aromatic rings. The van der Waals surface area contributed by atoms with Gasteiger partial charge in [-0.2, -0.15) is 0 Å². The molecule has 0 radical (unpaired) electrons. The van der Waals surface area contributed by atoms with E-state index in [1.807, 2.05) is 26.0 Å². The number of Topliss-reactive ketones (excluding diaryl/α,β-unsaturated/α-hetero) is 1. The number of alkyl halides is 1. The van der Waals surface area contributed by atoms with Gasteiger partial charge in [0.1, 0.15) is 5.78 Å². The average Bonchev–Trinajstić information content (AvgIpc) is 2.41. The Balaban J connectivity index is 2.36. The lowest BCUT2D eigenvalue weighted by Gasteiger charge is -2.14. The highest BCUT2D eigenvalue weighted by atomic mass is 79.9. The Morgan fingerprint density at radius 2 is 1.74 bits per heavy atom. The van der Waals surface area contributed by atoms with Gasteiger partial charge in [-0.05, 0) is 28.8 Å². The maximum absolute atomic E-state index is 12.0. The zero-order valence-corrected chi connectivity index (χ0v) is 14.2. The van der Waals surface area contributed by atoms with E-state index in [2.05, 4.69) is 56.1 Å². The van der Waals surface area contributed by atoms with Crippen LogP contribution in [0.3, 0.4) is 0 Å². The molecule has 0 bridgehead atoms. The second-order valence-electron chi connectivity index (χ2n) is 4.98. The SMILES string of the molecule is CC(C)C(=O)C(Br)Cc1ccc(Br)c2ccccc12. The van der Waals surface area contributed by atoms with Gasteiger partial charge in [-0.25, -0.2) is 0 Å². The largest absolute Gasteiger partial charge is 0.298 e. The summed E-state index contributed by atoms with van der Waals surface area (Å²) in [4.78, 5) is 11.9.